The Morgan fingerprint density at radius 2 is 2.06 bits per heavy atom. The summed E-state index contributed by atoms with van der Waals surface area (Å²) in [6, 6.07) is 10.0. The van der Waals surface area contributed by atoms with Crippen LogP contribution >= 0.6 is 11.3 Å². The summed E-state index contributed by atoms with van der Waals surface area (Å²) in [6.45, 7) is 1.99. The van der Waals surface area contributed by atoms with Crippen molar-refractivity contribution in [3.05, 3.63) is 41.7 Å². The second kappa shape index (κ2) is 4.70. The van der Waals surface area contributed by atoms with Crippen LogP contribution < -0.4 is 0 Å². The van der Waals surface area contributed by atoms with E-state index in [0.717, 1.165) is 22.6 Å². The van der Waals surface area contributed by atoms with Crippen LogP contribution in [-0.4, -0.2) is 15.1 Å². The molecule has 1 aromatic carbocycles. The largest absolute Gasteiger partial charge is 0.339 e. The Labute approximate surface area is 108 Å². The van der Waals surface area contributed by atoms with E-state index in [1.165, 1.54) is 11.3 Å². The molecule has 90 valence electrons. The van der Waals surface area contributed by atoms with Crippen LogP contribution in [0.15, 0.2) is 40.4 Å². The molecule has 0 amide bonds. The molecule has 0 bridgehead atoms. The topological polar surface area (TPSA) is 51.8 Å². The molecule has 3 aromatic rings. The van der Waals surface area contributed by atoms with Gasteiger partial charge in [-0.25, -0.2) is 4.98 Å². The monoisotopic (exact) mass is 257 g/mol. The third-order valence-corrected chi connectivity index (χ3v) is 3.41. The smallest absolute Gasteiger partial charge is 0.226 e. The molecule has 0 unspecified atom stereocenters. The second-order valence-electron chi connectivity index (χ2n) is 3.76. The lowest BCUT2D eigenvalue weighted by Crippen LogP contribution is -1.84. The van der Waals surface area contributed by atoms with Gasteiger partial charge < -0.3 is 4.52 Å². The second-order valence-corrected chi connectivity index (χ2v) is 4.62. The van der Waals surface area contributed by atoms with Crippen LogP contribution in [0.4, 0.5) is 0 Å². The lowest BCUT2D eigenvalue weighted by Gasteiger charge is -1.97. The van der Waals surface area contributed by atoms with E-state index < -0.39 is 0 Å². The van der Waals surface area contributed by atoms with Gasteiger partial charge in [0.15, 0.2) is 0 Å². The Bertz CT molecular complexity index is 645. The quantitative estimate of drug-likeness (QED) is 0.721. The average Bonchev–Trinajstić information content (AvgIpc) is 3.08. The first-order chi connectivity index (χ1) is 8.88. The summed E-state index contributed by atoms with van der Waals surface area (Å²) in [6.07, 6.45) is 0.743. The predicted molar refractivity (Wildman–Crippen MR) is 70.2 cm³/mol. The molecule has 0 saturated heterocycles. The highest BCUT2D eigenvalue weighted by atomic mass is 32.1. The molecule has 0 aliphatic heterocycles. The van der Waals surface area contributed by atoms with Gasteiger partial charge in [0.2, 0.25) is 11.7 Å². The number of nitrogens with zero attached hydrogens (tertiary/aromatic N) is 3. The van der Waals surface area contributed by atoms with Gasteiger partial charge in [0.1, 0.15) is 4.88 Å². The van der Waals surface area contributed by atoms with E-state index in [2.05, 4.69) is 15.1 Å². The van der Waals surface area contributed by atoms with Gasteiger partial charge in [-0.3, -0.25) is 0 Å². The molecule has 0 atom stereocenters. The molecule has 0 N–H and O–H groups in total. The molecule has 18 heavy (non-hydrogen) atoms. The maximum atomic E-state index is 5.15. The summed E-state index contributed by atoms with van der Waals surface area (Å²) in [5.74, 6) is 1.27. The molecule has 5 heteroatoms. The van der Waals surface area contributed by atoms with E-state index in [0.29, 0.717) is 11.7 Å². The van der Waals surface area contributed by atoms with E-state index in [-0.39, 0.29) is 0 Å². The van der Waals surface area contributed by atoms with Crippen molar-refractivity contribution >= 4 is 11.3 Å². The molecule has 0 fully saturated rings. The van der Waals surface area contributed by atoms with Crippen LogP contribution in [0.5, 0.6) is 0 Å². The Balaban J connectivity index is 2.07. The fourth-order valence-electron chi connectivity index (χ4n) is 1.70. The molecule has 0 spiro atoms. The van der Waals surface area contributed by atoms with E-state index in [4.69, 9.17) is 4.52 Å². The molecule has 0 aliphatic rings. The summed E-state index contributed by atoms with van der Waals surface area (Å²) in [7, 11) is 0. The molecular formula is C13H11N3OS. The molecule has 4 nitrogen and oxygen atoms in total. The SMILES string of the molecule is CCc1nc(-c2scnc2-c2ccccc2)no1. The first-order valence-corrected chi connectivity index (χ1v) is 6.58. The lowest BCUT2D eigenvalue weighted by molar-refractivity contribution is 0.383. The van der Waals surface area contributed by atoms with E-state index in [1.54, 1.807) is 5.51 Å². The Hall–Kier alpha value is -2.01. The van der Waals surface area contributed by atoms with Crippen LogP contribution in [-0.2, 0) is 6.42 Å². The van der Waals surface area contributed by atoms with Crippen molar-refractivity contribution in [3.63, 3.8) is 0 Å². The van der Waals surface area contributed by atoms with E-state index in [1.807, 2.05) is 37.3 Å². The number of benzene rings is 1. The van der Waals surface area contributed by atoms with Gasteiger partial charge in [0, 0.05) is 12.0 Å². The highest BCUT2D eigenvalue weighted by Gasteiger charge is 2.15. The van der Waals surface area contributed by atoms with E-state index >= 15 is 0 Å². The van der Waals surface area contributed by atoms with Crippen molar-refractivity contribution in [2.24, 2.45) is 0 Å². The van der Waals surface area contributed by atoms with Crippen LogP contribution in [0.3, 0.4) is 0 Å². The predicted octanol–water partition coefficient (Wildman–Crippen LogP) is 3.42. The zero-order chi connectivity index (χ0) is 12.4. The summed E-state index contributed by atoms with van der Waals surface area (Å²) in [5, 5.41) is 4.00. The number of aromatic nitrogens is 3. The van der Waals surface area contributed by atoms with Crippen LogP contribution in [0.2, 0.25) is 0 Å². The zero-order valence-electron chi connectivity index (χ0n) is 9.83. The highest BCUT2D eigenvalue weighted by molar-refractivity contribution is 7.13. The van der Waals surface area contributed by atoms with Gasteiger partial charge in [-0.15, -0.1) is 11.3 Å². The van der Waals surface area contributed by atoms with Gasteiger partial charge >= 0.3 is 0 Å². The first-order valence-electron chi connectivity index (χ1n) is 5.70. The Kier molecular flexibility index (Phi) is 2.90. The van der Waals surface area contributed by atoms with Crippen LogP contribution in [0.1, 0.15) is 12.8 Å². The van der Waals surface area contributed by atoms with Crippen LogP contribution in [0.25, 0.3) is 22.0 Å². The maximum Gasteiger partial charge on any atom is 0.226 e. The first kappa shape index (κ1) is 11.1. The number of hydrogen-bond donors (Lipinski definition) is 0. The van der Waals surface area contributed by atoms with Crippen molar-refractivity contribution < 1.29 is 4.52 Å². The fourth-order valence-corrected chi connectivity index (χ4v) is 2.43. The fraction of sp³-hybridized carbons (Fsp3) is 0.154. The third kappa shape index (κ3) is 1.93. The number of hydrogen-bond acceptors (Lipinski definition) is 5. The maximum absolute atomic E-state index is 5.15. The average molecular weight is 257 g/mol. The van der Waals surface area contributed by atoms with Gasteiger partial charge in [-0.1, -0.05) is 42.4 Å². The van der Waals surface area contributed by atoms with Gasteiger partial charge in [-0.05, 0) is 0 Å². The minimum absolute atomic E-state index is 0.619. The highest BCUT2D eigenvalue weighted by Crippen LogP contribution is 2.32. The van der Waals surface area contributed by atoms with Crippen molar-refractivity contribution in [1.82, 2.24) is 15.1 Å². The summed E-state index contributed by atoms with van der Waals surface area (Å²) >= 11 is 1.53. The Morgan fingerprint density at radius 3 is 2.78 bits per heavy atom. The number of rotatable bonds is 3. The molecule has 0 aliphatic carbocycles. The normalized spacial score (nSPS) is 10.7. The van der Waals surface area contributed by atoms with Crippen LogP contribution in [0, 0.1) is 0 Å². The molecule has 2 heterocycles. The Morgan fingerprint density at radius 1 is 1.22 bits per heavy atom. The molecule has 0 saturated carbocycles. The number of thiazole rings is 1. The summed E-state index contributed by atoms with van der Waals surface area (Å²) < 4.78 is 5.15. The van der Waals surface area contributed by atoms with Crippen molar-refractivity contribution in [2.75, 3.05) is 0 Å². The molecule has 3 rings (SSSR count). The zero-order valence-corrected chi connectivity index (χ0v) is 10.6. The standard InChI is InChI=1S/C13H11N3OS/c1-2-10-15-13(16-17-10)12-11(14-8-18-12)9-6-4-3-5-7-9/h3-8H,2H2,1H3. The van der Waals surface area contributed by atoms with Crippen molar-refractivity contribution in [2.45, 2.75) is 13.3 Å². The van der Waals surface area contributed by atoms with Gasteiger partial charge in [0.25, 0.3) is 0 Å². The van der Waals surface area contributed by atoms with Crippen molar-refractivity contribution in [3.8, 4) is 22.0 Å². The molecular weight excluding hydrogens is 246 g/mol. The molecule has 2 aromatic heterocycles. The lowest BCUT2D eigenvalue weighted by atomic mass is 10.1. The molecule has 0 radical (unpaired) electrons. The van der Waals surface area contributed by atoms with Gasteiger partial charge in [-0.2, -0.15) is 4.98 Å². The van der Waals surface area contributed by atoms with Crippen molar-refractivity contribution in [1.29, 1.82) is 0 Å². The summed E-state index contributed by atoms with van der Waals surface area (Å²) in [4.78, 5) is 9.69. The van der Waals surface area contributed by atoms with E-state index in [9.17, 15) is 0 Å². The summed E-state index contributed by atoms with van der Waals surface area (Å²) in [5.41, 5.74) is 3.78. The third-order valence-electron chi connectivity index (χ3n) is 2.59. The number of aryl methyl sites for hydroxylation is 1. The minimum atomic E-state index is 0.619. The minimum Gasteiger partial charge on any atom is -0.339 e. The van der Waals surface area contributed by atoms with Gasteiger partial charge in [0.05, 0.1) is 11.2 Å².